The fraction of sp³-hybridized carbons (Fsp3) is 0.333. The molecule has 3 N–H and O–H groups in total. The third-order valence-corrected chi connectivity index (χ3v) is 5.50. The highest BCUT2D eigenvalue weighted by atomic mass is 16.3. The highest BCUT2D eigenvalue weighted by Gasteiger charge is 2.46. The van der Waals surface area contributed by atoms with Crippen molar-refractivity contribution in [1.29, 1.82) is 0 Å². The van der Waals surface area contributed by atoms with Crippen molar-refractivity contribution in [2.75, 3.05) is 13.2 Å². The van der Waals surface area contributed by atoms with Crippen molar-refractivity contribution in [2.45, 2.75) is 25.0 Å². The molecule has 140 valence electrons. The quantitative estimate of drug-likeness (QED) is 0.645. The van der Waals surface area contributed by atoms with Crippen LogP contribution in [0, 0.1) is 5.41 Å². The Labute approximate surface area is 157 Å². The second kappa shape index (κ2) is 7.23. The Morgan fingerprint density at radius 1 is 0.889 bits per heavy atom. The molecule has 0 amide bonds. The van der Waals surface area contributed by atoms with E-state index in [2.05, 4.69) is 10.3 Å². The van der Waals surface area contributed by atoms with Gasteiger partial charge in [0.1, 0.15) is 5.69 Å². The van der Waals surface area contributed by atoms with E-state index in [-0.39, 0.29) is 19.3 Å². The normalized spacial score (nSPS) is 21.4. The van der Waals surface area contributed by atoms with Crippen LogP contribution in [0.15, 0.2) is 60.7 Å². The van der Waals surface area contributed by atoms with Gasteiger partial charge in [-0.3, -0.25) is 0 Å². The Bertz CT molecular complexity index is 892. The fourth-order valence-electron chi connectivity index (χ4n) is 3.98. The number of hydrogen-bond acceptors (Lipinski definition) is 5. The maximum absolute atomic E-state index is 10.7. The maximum Gasteiger partial charge on any atom is 0.121 e. The Morgan fingerprint density at radius 3 is 2.04 bits per heavy atom. The van der Waals surface area contributed by atoms with Gasteiger partial charge in [-0.25, -0.2) is 4.68 Å². The van der Waals surface area contributed by atoms with E-state index >= 15 is 0 Å². The molecule has 1 heterocycles. The van der Waals surface area contributed by atoms with E-state index in [1.165, 1.54) is 0 Å². The van der Waals surface area contributed by atoms with Crippen LogP contribution in [0.5, 0.6) is 0 Å². The van der Waals surface area contributed by atoms with Crippen molar-refractivity contribution < 1.29 is 15.3 Å². The molecule has 2 aromatic carbocycles. The third kappa shape index (κ3) is 3.16. The van der Waals surface area contributed by atoms with Crippen LogP contribution < -0.4 is 0 Å². The molecule has 1 fully saturated rings. The van der Waals surface area contributed by atoms with E-state index in [4.69, 9.17) is 0 Å². The summed E-state index contributed by atoms with van der Waals surface area (Å²) in [6.45, 7) is -0.337. The van der Waals surface area contributed by atoms with Gasteiger partial charge in [-0.2, -0.15) is 0 Å². The lowest BCUT2D eigenvalue weighted by molar-refractivity contribution is 0.0466. The number of aromatic nitrogens is 3. The number of benzene rings is 2. The predicted molar refractivity (Wildman–Crippen MR) is 102 cm³/mol. The summed E-state index contributed by atoms with van der Waals surface area (Å²) in [5.74, 6) is 0. The van der Waals surface area contributed by atoms with E-state index in [0.29, 0.717) is 12.8 Å². The van der Waals surface area contributed by atoms with Crippen LogP contribution in [0.2, 0.25) is 0 Å². The van der Waals surface area contributed by atoms with Crippen molar-refractivity contribution in [3.8, 4) is 22.5 Å². The molecule has 2 atom stereocenters. The highest BCUT2D eigenvalue weighted by Crippen LogP contribution is 2.45. The van der Waals surface area contributed by atoms with Crippen LogP contribution in [-0.4, -0.2) is 49.6 Å². The predicted octanol–water partition coefficient (Wildman–Crippen LogP) is 2.28. The van der Waals surface area contributed by atoms with Gasteiger partial charge in [0.15, 0.2) is 0 Å². The summed E-state index contributed by atoms with van der Waals surface area (Å²) in [7, 11) is 0. The van der Waals surface area contributed by atoms with Gasteiger partial charge < -0.3 is 15.3 Å². The lowest BCUT2D eigenvalue weighted by Gasteiger charge is -2.23. The zero-order valence-corrected chi connectivity index (χ0v) is 14.9. The minimum absolute atomic E-state index is 0.169. The lowest BCUT2D eigenvalue weighted by Crippen LogP contribution is -2.27. The largest absolute Gasteiger partial charge is 0.396 e. The summed E-state index contributed by atoms with van der Waals surface area (Å²) in [5.41, 5.74) is 2.79. The van der Waals surface area contributed by atoms with E-state index < -0.39 is 11.5 Å². The summed E-state index contributed by atoms with van der Waals surface area (Å²) in [6, 6.07) is 19.3. The molecule has 0 spiro atoms. The summed E-state index contributed by atoms with van der Waals surface area (Å²) < 4.78 is 1.76. The second-order valence-corrected chi connectivity index (χ2v) is 7.32. The van der Waals surface area contributed by atoms with Gasteiger partial charge in [0.2, 0.25) is 0 Å². The van der Waals surface area contributed by atoms with E-state index in [1.54, 1.807) is 4.68 Å². The molecule has 1 saturated carbocycles. The van der Waals surface area contributed by atoms with Crippen LogP contribution in [0.3, 0.4) is 0 Å². The first-order valence-corrected chi connectivity index (χ1v) is 9.13. The van der Waals surface area contributed by atoms with Crippen molar-refractivity contribution in [3.63, 3.8) is 0 Å². The molecular formula is C21H23N3O3. The first kappa shape index (κ1) is 17.9. The molecule has 0 radical (unpaired) electrons. The molecule has 0 saturated heterocycles. The Morgan fingerprint density at radius 2 is 1.48 bits per heavy atom. The fourth-order valence-corrected chi connectivity index (χ4v) is 3.98. The molecule has 3 aromatic rings. The molecule has 0 bridgehead atoms. The van der Waals surface area contributed by atoms with Crippen molar-refractivity contribution >= 4 is 0 Å². The highest BCUT2D eigenvalue weighted by molar-refractivity contribution is 5.78. The zero-order chi connectivity index (χ0) is 18.9. The SMILES string of the molecule is OCC1(CO)C[C@H](O)[C@@H](n2nnc(-c3ccccc3)c2-c2ccccc2)C1. The average Bonchev–Trinajstić information content (AvgIpc) is 3.31. The van der Waals surface area contributed by atoms with E-state index in [0.717, 1.165) is 22.5 Å². The van der Waals surface area contributed by atoms with Crippen LogP contribution in [-0.2, 0) is 0 Å². The van der Waals surface area contributed by atoms with Crippen molar-refractivity contribution in [1.82, 2.24) is 15.0 Å². The monoisotopic (exact) mass is 365 g/mol. The molecule has 1 aromatic heterocycles. The Hall–Kier alpha value is -2.54. The van der Waals surface area contributed by atoms with Gasteiger partial charge in [0.05, 0.1) is 31.1 Å². The third-order valence-electron chi connectivity index (χ3n) is 5.50. The van der Waals surface area contributed by atoms with Gasteiger partial charge in [-0.15, -0.1) is 5.10 Å². The molecule has 0 aliphatic heterocycles. The molecule has 1 aliphatic carbocycles. The molecule has 4 rings (SSSR count). The number of nitrogens with zero attached hydrogens (tertiary/aromatic N) is 3. The number of rotatable bonds is 5. The van der Waals surface area contributed by atoms with Crippen LogP contribution in [0.25, 0.3) is 22.5 Å². The minimum Gasteiger partial charge on any atom is -0.396 e. The Kier molecular flexibility index (Phi) is 4.78. The topological polar surface area (TPSA) is 91.4 Å². The average molecular weight is 365 g/mol. The standard InChI is InChI=1S/C21H23N3O3/c25-13-21(14-26)11-17(18(27)12-21)24-20(16-9-5-2-6-10-16)19(22-23-24)15-7-3-1-4-8-15/h1-10,17-18,25-27H,11-14H2/t17-,18-/m0/s1. The minimum atomic E-state index is -0.711. The smallest absolute Gasteiger partial charge is 0.121 e. The Balaban J connectivity index is 1.84. The summed E-state index contributed by atoms with van der Waals surface area (Å²) in [6.07, 6.45) is 0.0648. The van der Waals surface area contributed by atoms with Gasteiger partial charge in [0.25, 0.3) is 0 Å². The maximum atomic E-state index is 10.7. The summed E-state index contributed by atoms with van der Waals surface area (Å²) in [4.78, 5) is 0. The zero-order valence-electron chi connectivity index (χ0n) is 14.9. The van der Waals surface area contributed by atoms with Crippen molar-refractivity contribution in [3.05, 3.63) is 60.7 Å². The van der Waals surface area contributed by atoms with Crippen LogP contribution in [0.1, 0.15) is 18.9 Å². The molecule has 6 heteroatoms. The molecular weight excluding hydrogens is 342 g/mol. The van der Waals surface area contributed by atoms with Gasteiger partial charge in [-0.05, 0) is 12.8 Å². The van der Waals surface area contributed by atoms with E-state index in [1.807, 2.05) is 60.7 Å². The second-order valence-electron chi connectivity index (χ2n) is 7.32. The van der Waals surface area contributed by atoms with Gasteiger partial charge >= 0.3 is 0 Å². The van der Waals surface area contributed by atoms with Crippen LogP contribution >= 0.6 is 0 Å². The molecule has 0 unspecified atom stereocenters. The number of aliphatic hydroxyl groups is 3. The van der Waals surface area contributed by atoms with E-state index in [9.17, 15) is 15.3 Å². The first-order chi connectivity index (χ1) is 13.2. The number of hydrogen-bond donors (Lipinski definition) is 3. The summed E-state index contributed by atoms with van der Waals surface area (Å²) in [5, 5.41) is 39.0. The number of aliphatic hydroxyl groups excluding tert-OH is 3. The first-order valence-electron chi connectivity index (χ1n) is 9.13. The molecule has 1 aliphatic rings. The van der Waals surface area contributed by atoms with Gasteiger partial charge in [0, 0.05) is 16.5 Å². The van der Waals surface area contributed by atoms with Crippen molar-refractivity contribution in [2.24, 2.45) is 5.41 Å². The van der Waals surface area contributed by atoms with Gasteiger partial charge in [-0.1, -0.05) is 65.9 Å². The molecule has 27 heavy (non-hydrogen) atoms. The van der Waals surface area contributed by atoms with Crippen LogP contribution in [0.4, 0.5) is 0 Å². The molecule has 6 nitrogen and oxygen atoms in total. The lowest BCUT2D eigenvalue weighted by atomic mass is 9.88. The summed E-state index contributed by atoms with van der Waals surface area (Å²) >= 11 is 0.